The van der Waals surface area contributed by atoms with Gasteiger partial charge >= 0.3 is 10.3 Å². The molecule has 0 amide bonds. The van der Waals surface area contributed by atoms with Crippen LogP contribution in [0.3, 0.4) is 0 Å². The first-order valence-corrected chi connectivity index (χ1v) is 5.15. The predicted octanol–water partition coefficient (Wildman–Crippen LogP) is 0.815. The smallest absolute Gasteiger partial charge is 0.273 e. The highest BCUT2D eigenvalue weighted by Gasteiger charge is 2.07. The Morgan fingerprint density at radius 3 is 2.09 bits per heavy atom. The summed E-state index contributed by atoms with van der Waals surface area (Å²) in [5.41, 5.74) is 0. The second-order valence-electron chi connectivity index (χ2n) is 2.51. The third-order valence-corrected chi connectivity index (χ3v) is 2.24. The Morgan fingerprint density at radius 1 is 1.36 bits per heavy atom. The zero-order chi connectivity index (χ0) is 8.91. The monoisotopic (exact) mass is 181 g/mol. The molecule has 0 aliphatic rings. The van der Waals surface area contributed by atoms with Gasteiger partial charge in [0.2, 0.25) is 0 Å². The molecule has 2 N–H and O–H groups in total. The van der Waals surface area contributed by atoms with Gasteiger partial charge in [-0.25, -0.2) is 0 Å². The van der Waals surface area contributed by atoms with Gasteiger partial charge in [0, 0.05) is 6.54 Å². The summed E-state index contributed by atoms with van der Waals surface area (Å²) in [7, 11) is -3.99. The fourth-order valence-corrected chi connectivity index (χ4v) is 1.25. The standard InChI is InChI=1S/C6H15NO3S/c1-3-6(4-2)5-7-11(8,9)10/h6-7H,3-5H2,1-2H3,(H,8,9,10). The molecule has 0 saturated heterocycles. The molecule has 0 aliphatic heterocycles. The Hall–Kier alpha value is -0.130. The summed E-state index contributed by atoms with van der Waals surface area (Å²) >= 11 is 0. The second kappa shape index (κ2) is 4.69. The number of hydrogen-bond acceptors (Lipinski definition) is 2. The average Bonchev–Trinajstić information content (AvgIpc) is 1.88. The van der Waals surface area contributed by atoms with Crippen molar-refractivity contribution in [2.24, 2.45) is 5.92 Å². The van der Waals surface area contributed by atoms with E-state index in [0.29, 0.717) is 12.5 Å². The van der Waals surface area contributed by atoms with Crippen molar-refractivity contribution in [1.82, 2.24) is 4.72 Å². The van der Waals surface area contributed by atoms with Gasteiger partial charge < -0.3 is 0 Å². The van der Waals surface area contributed by atoms with E-state index in [-0.39, 0.29) is 0 Å². The molecule has 11 heavy (non-hydrogen) atoms. The highest BCUT2D eigenvalue weighted by Crippen LogP contribution is 2.05. The lowest BCUT2D eigenvalue weighted by atomic mass is 10.0. The van der Waals surface area contributed by atoms with Gasteiger partial charge in [-0.3, -0.25) is 4.55 Å². The first kappa shape index (κ1) is 10.9. The molecule has 5 heteroatoms. The van der Waals surface area contributed by atoms with Gasteiger partial charge in [-0.1, -0.05) is 26.7 Å². The Kier molecular flexibility index (Phi) is 4.63. The van der Waals surface area contributed by atoms with Gasteiger partial charge in [0.15, 0.2) is 0 Å². The second-order valence-corrected chi connectivity index (χ2v) is 3.74. The van der Waals surface area contributed by atoms with E-state index >= 15 is 0 Å². The highest BCUT2D eigenvalue weighted by molar-refractivity contribution is 7.83. The van der Waals surface area contributed by atoms with Gasteiger partial charge in [0.05, 0.1) is 0 Å². The van der Waals surface area contributed by atoms with Crippen LogP contribution in [0.4, 0.5) is 0 Å². The number of nitrogens with one attached hydrogen (secondary N) is 1. The van der Waals surface area contributed by atoms with Crippen LogP contribution >= 0.6 is 0 Å². The highest BCUT2D eigenvalue weighted by atomic mass is 32.2. The molecule has 0 unspecified atom stereocenters. The molecular formula is C6H15NO3S. The van der Waals surface area contributed by atoms with Gasteiger partial charge in [0.1, 0.15) is 0 Å². The lowest BCUT2D eigenvalue weighted by Gasteiger charge is -2.10. The van der Waals surface area contributed by atoms with Crippen LogP contribution in [-0.4, -0.2) is 19.5 Å². The molecule has 4 nitrogen and oxygen atoms in total. The number of rotatable bonds is 5. The van der Waals surface area contributed by atoms with Crippen LogP contribution in [0.5, 0.6) is 0 Å². The van der Waals surface area contributed by atoms with E-state index in [4.69, 9.17) is 4.55 Å². The van der Waals surface area contributed by atoms with Gasteiger partial charge in [-0.2, -0.15) is 13.1 Å². The summed E-state index contributed by atoms with van der Waals surface area (Å²) in [6.07, 6.45) is 1.83. The van der Waals surface area contributed by atoms with Gasteiger partial charge in [-0.05, 0) is 5.92 Å². The summed E-state index contributed by atoms with van der Waals surface area (Å²) in [4.78, 5) is 0. The van der Waals surface area contributed by atoms with Crippen LogP contribution in [-0.2, 0) is 10.3 Å². The molecular weight excluding hydrogens is 166 g/mol. The van der Waals surface area contributed by atoms with E-state index in [2.05, 4.69) is 4.72 Å². The van der Waals surface area contributed by atoms with E-state index in [1.165, 1.54) is 0 Å². The Labute approximate surface area is 67.9 Å². The molecule has 0 aromatic rings. The topological polar surface area (TPSA) is 66.4 Å². The summed E-state index contributed by atoms with van der Waals surface area (Å²) in [6, 6.07) is 0. The lowest BCUT2D eigenvalue weighted by molar-refractivity contribution is 0.437. The lowest BCUT2D eigenvalue weighted by Crippen LogP contribution is -2.28. The zero-order valence-corrected chi connectivity index (χ0v) is 7.69. The van der Waals surface area contributed by atoms with E-state index in [0.717, 1.165) is 12.8 Å². The van der Waals surface area contributed by atoms with Crippen molar-refractivity contribution < 1.29 is 13.0 Å². The molecule has 0 aromatic carbocycles. The maximum atomic E-state index is 10.2. The number of hydrogen-bond donors (Lipinski definition) is 2. The van der Waals surface area contributed by atoms with Crippen LogP contribution in [0.1, 0.15) is 26.7 Å². The molecule has 0 fully saturated rings. The molecule has 68 valence electrons. The van der Waals surface area contributed by atoms with Crippen LogP contribution < -0.4 is 4.72 Å². The molecule has 0 atom stereocenters. The van der Waals surface area contributed by atoms with Crippen molar-refractivity contribution >= 4 is 10.3 Å². The molecule has 0 spiro atoms. The first-order chi connectivity index (χ1) is 4.99. The van der Waals surface area contributed by atoms with Crippen molar-refractivity contribution in [3.8, 4) is 0 Å². The molecule has 0 saturated carbocycles. The van der Waals surface area contributed by atoms with Gasteiger partial charge in [-0.15, -0.1) is 0 Å². The molecule has 0 aromatic heterocycles. The van der Waals surface area contributed by atoms with Gasteiger partial charge in [0.25, 0.3) is 0 Å². The maximum absolute atomic E-state index is 10.2. The minimum absolute atomic E-state index is 0.317. The van der Waals surface area contributed by atoms with Crippen LogP contribution in [0, 0.1) is 5.92 Å². The first-order valence-electron chi connectivity index (χ1n) is 3.71. The third kappa shape index (κ3) is 6.28. The summed E-state index contributed by atoms with van der Waals surface area (Å²) in [6.45, 7) is 4.30. The Bertz CT molecular complexity index is 184. The van der Waals surface area contributed by atoms with E-state index in [9.17, 15) is 8.42 Å². The Morgan fingerprint density at radius 2 is 1.82 bits per heavy atom. The molecule has 0 aliphatic carbocycles. The molecule has 0 bridgehead atoms. The minimum Gasteiger partial charge on any atom is -0.273 e. The fraction of sp³-hybridized carbons (Fsp3) is 1.00. The van der Waals surface area contributed by atoms with Crippen LogP contribution in [0.25, 0.3) is 0 Å². The fourth-order valence-electron chi connectivity index (χ4n) is 0.801. The van der Waals surface area contributed by atoms with E-state index in [1.54, 1.807) is 0 Å². The quantitative estimate of drug-likeness (QED) is 0.617. The SMILES string of the molecule is CCC(CC)CNS(=O)(=O)O. The van der Waals surface area contributed by atoms with Crippen molar-refractivity contribution in [3.05, 3.63) is 0 Å². The zero-order valence-electron chi connectivity index (χ0n) is 6.87. The summed E-state index contributed by atoms with van der Waals surface area (Å²) in [5, 5.41) is 0. The Balaban J connectivity index is 3.69. The van der Waals surface area contributed by atoms with Crippen molar-refractivity contribution in [2.75, 3.05) is 6.54 Å². The normalized spacial score (nSPS) is 12.4. The maximum Gasteiger partial charge on any atom is 0.333 e. The van der Waals surface area contributed by atoms with Crippen molar-refractivity contribution in [2.45, 2.75) is 26.7 Å². The molecule has 0 rings (SSSR count). The van der Waals surface area contributed by atoms with Crippen molar-refractivity contribution in [3.63, 3.8) is 0 Å². The minimum atomic E-state index is -3.99. The summed E-state index contributed by atoms with van der Waals surface area (Å²) < 4.78 is 30.8. The molecule has 0 heterocycles. The van der Waals surface area contributed by atoms with E-state index < -0.39 is 10.3 Å². The van der Waals surface area contributed by atoms with E-state index in [1.807, 2.05) is 13.8 Å². The third-order valence-electron chi connectivity index (χ3n) is 1.71. The van der Waals surface area contributed by atoms with Crippen LogP contribution in [0.2, 0.25) is 0 Å². The molecule has 0 radical (unpaired) electrons. The largest absolute Gasteiger partial charge is 0.333 e. The predicted molar refractivity (Wildman–Crippen MR) is 43.6 cm³/mol. The summed E-state index contributed by atoms with van der Waals surface area (Å²) in [5.74, 6) is 0.317. The van der Waals surface area contributed by atoms with Crippen molar-refractivity contribution in [1.29, 1.82) is 0 Å². The van der Waals surface area contributed by atoms with Crippen LogP contribution in [0.15, 0.2) is 0 Å². The average molecular weight is 181 g/mol.